The smallest absolute Gasteiger partial charge is 0.203 e. The van der Waals surface area contributed by atoms with Crippen molar-refractivity contribution in [2.24, 2.45) is 5.92 Å². The molecule has 0 aliphatic rings. The molecular weight excluding hydrogens is 210 g/mol. The number of anilines is 1. The molecule has 0 atom stereocenters. The minimum atomic E-state index is 0.488. The molecule has 0 amide bonds. The van der Waals surface area contributed by atoms with Gasteiger partial charge < -0.3 is 5.73 Å². The van der Waals surface area contributed by atoms with Gasteiger partial charge in [0.25, 0.3) is 0 Å². The van der Waals surface area contributed by atoms with E-state index in [-0.39, 0.29) is 0 Å². The zero-order chi connectivity index (χ0) is 10.8. The molecule has 0 bridgehead atoms. The van der Waals surface area contributed by atoms with Crippen molar-refractivity contribution in [3.8, 4) is 10.6 Å². The molecular formula is C9H13N5S. The number of hydrogen-bond donors (Lipinski definition) is 1. The van der Waals surface area contributed by atoms with Crippen LogP contribution < -0.4 is 5.73 Å². The summed E-state index contributed by atoms with van der Waals surface area (Å²) in [4.78, 5) is 0. The van der Waals surface area contributed by atoms with Crippen molar-refractivity contribution < 1.29 is 0 Å². The summed E-state index contributed by atoms with van der Waals surface area (Å²) in [6.07, 6.45) is 3.77. The molecule has 80 valence electrons. The van der Waals surface area contributed by atoms with Crippen LogP contribution in [0.2, 0.25) is 0 Å². The van der Waals surface area contributed by atoms with Crippen molar-refractivity contribution in [2.45, 2.75) is 20.4 Å². The minimum Gasteiger partial charge on any atom is -0.374 e. The van der Waals surface area contributed by atoms with E-state index < -0.39 is 0 Å². The van der Waals surface area contributed by atoms with Gasteiger partial charge in [0.15, 0.2) is 5.01 Å². The fourth-order valence-corrected chi connectivity index (χ4v) is 1.88. The standard InChI is InChI=1S/C9H13N5S/c1-6(2)4-14-5-7(3-11-14)8-12-13-9(10)15-8/h3,5-6H,4H2,1-2H3,(H2,10,13). The molecule has 0 spiro atoms. The first-order chi connectivity index (χ1) is 7.15. The molecule has 0 fully saturated rings. The Balaban J connectivity index is 2.20. The molecule has 0 aromatic carbocycles. The van der Waals surface area contributed by atoms with Crippen LogP contribution in [0.25, 0.3) is 10.6 Å². The molecule has 2 rings (SSSR count). The summed E-state index contributed by atoms with van der Waals surface area (Å²) >= 11 is 1.38. The first-order valence-electron chi connectivity index (χ1n) is 4.77. The number of nitrogens with zero attached hydrogens (tertiary/aromatic N) is 4. The van der Waals surface area contributed by atoms with Crippen LogP contribution >= 0.6 is 11.3 Å². The molecule has 5 nitrogen and oxygen atoms in total. The van der Waals surface area contributed by atoms with Crippen LogP contribution in [-0.2, 0) is 6.54 Å². The van der Waals surface area contributed by atoms with Gasteiger partial charge in [-0.25, -0.2) is 0 Å². The van der Waals surface area contributed by atoms with E-state index in [0.29, 0.717) is 11.0 Å². The third kappa shape index (κ3) is 2.33. The van der Waals surface area contributed by atoms with Gasteiger partial charge in [-0.15, -0.1) is 10.2 Å². The van der Waals surface area contributed by atoms with E-state index in [1.165, 1.54) is 11.3 Å². The van der Waals surface area contributed by atoms with Gasteiger partial charge in [0.1, 0.15) is 0 Å². The summed E-state index contributed by atoms with van der Waals surface area (Å²) in [5.41, 5.74) is 6.50. The molecule has 2 aromatic heterocycles. The molecule has 0 unspecified atom stereocenters. The highest BCUT2D eigenvalue weighted by molar-refractivity contribution is 7.18. The van der Waals surface area contributed by atoms with E-state index in [4.69, 9.17) is 5.73 Å². The zero-order valence-corrected chi connectivity index (χ0v) is 9.53. The summed E-state index contributed by atoms with van der Waals surface area (Å²) < 4.78 is 1.91. The largest absolute Gasteiger partial charge is 0.374 e. The highest BCUT2D eigenvalue weighted by Gasteiger charge is 2.07. The van der Waals surface area contributed by atoms with E-state index in [1.807, 2.05) is 10.9 Å². The molecule has 0 aliphatic heterocycles. The molecule has 15 heavy (non-hydrogen) atoms. The second-order valence-corrected chi connectivity index (χ2v) is 4.80. The Morgan fingerprint density at radius 1 is 1.47 bits per heavy atom. The second-order valence-electron chi connectivity index (χ2n) is 3.79. The molecule has 0 saturated carbocycles. The van der Waals surface area contributed by atoms with E-state index >= 15 is 0 Å². The van der Waals surface area contributed by atoms with Crippen LogP contribution in [0.5, 0.6) is 0 Å². The average Bonchev–Trinajstić information content (AvgIpc) is 2.72. The molecule has 0 aliphatic carbocycles. The van der Waals surface area contributed by atoms with Crippen molar-refractivity contribution >= 4 is 16.5 Å². The normalized spacial score (nSPS) is 11.1. The van der Waals surface area contributed by atoms with E-state index in [1.54, 1.807) is 6.20 Å². The molecule has 0 radical (unpaired) electrons. The Morgan fingerprint density at radius 2 is 2.27 bits per heavy atom. The lowest BCUT2D eigenvalue weighted by atomic mass is 10.2. The summed E-state index contributed by atoms with van der Waals surface area (Å²) in [5, 5.41) is 13.3. The quantitative estimate of drug-likeness (QED) is 0.858. The third-order valence-electron chi connectivity index (χ3n) is 1.87. The lowest BCUT2D eigenvalue weighted by molar-refractivity contribution is 0.483. The minimum absolute atomic E-state index is 0.488. The topological polar surface area (TPSA) is 69.6 Å². The van der Waals surface area contributed by atoms with Crippen molar-refractivity contribution in [1.82, 2.24) is 20.0 Å². The molecule has 6 heteroatoms. The molecule has 0 saturated heterocycles. The molecule has 2 aromatic rings. The fourth-order valence-electron chi connectivity index (χ4n) is 1.30. The first-order valence-corrected chi connectivity index (χ1v) is 5.58. The third-order valence-corrected chi connectivity index (χ3v) is 2.67. The van der Waals surface area contributed by atoms with E-state index in [0.717, 1.165) is 17.1 Å². The van der Waals surface area contributed by atoms with Gasteiger partial charge in [-0.05, 0) is 5.92 Å². The van der Waals surface area contributed by atoms with Gasteiger partial charge in [0.2, 0.25) is 5.13 Å². The average molecular weight is 223 g/mol. The van der Waals surface area contributed by atoms with Crippen LogP contribution in [0.1, 0.15) is 13.8 Å². The van der Waals surface area contributed by atoms with Gasteiger partial charge in [-0.3, -0.25) is 4.68 Å². The molecule has 2 N–H and O–H groups in total. The number of aromatic nitrogens is 4. The summed E-state index contributed by atoms with van der Waals surface area (Å²) in [6, 6.07) is 0. The Hall–Kier alpha value is -1.43. The van der Waals surface area contributed by atoms with Crippen molar-refractivity contribution in [2.75, 3.05) is 5.73 Å². The maximum atomic E-state index is 5.52. The SMILES string of the molecule is CC(C)Cn1cc(-c2nnc(N)s2)cn1. The Morgan fingerprint density at radius 3 is 2.87 bits per heavy atom. The Labute approximate surface area is 91.9 Å². The molecule has 2 heterocycles. The number of rotatable bonds is 3. The van der Waals surface area contributed by atoms with Gasteiger partial charge >= 0.3 is 0 Å². The van der Waals surface area contributed by atoms with Gasteiger partial charge in [-0.2, -0.15) is 5.10 Å². The second kappa shape index (κ2) is 3.98. The van der Waals surface area contributed by atoms with Crippen molar-refractivity contribution in [3.63, 3.8) is 0 Å². The predicted octanol–water partition coefficient (Wildman–Crippen LogP) is 1.64. The summed E-state index contributed by atoms with van der Waals surface area (Å²) in [7, 11) is 0. The lowest BCUT2D eigenvalue weighted by Crippen LogP contribution is -2.03. The fraction of sp³-hybridized carbons (Fsp3) is 0.444. The highest BCUT2D eigenvalue weighted by Crippen LogP contribution is 2.23. The van der Waals surface area contributed by atoms with Gasteiger partial charge in [0, 0.05) is 12.7 Å². The van der Waals surface area contributed by atoms with Crippen LogP contribution in [-0.4, -0.2) is 20.0 Å². The monoisotopic (exact) mass is 223 g/mol. The Kier molecular flexibility index (Phi) is 2.68. The van der Waals surface area contributed by atoms with E-state index in [2.05, 4.69) is 29.1 Å². The number of nitrogen functional groups attached to an aromatic ring is 1. The number of nitrogens with two attached hydrogens (primary N) is 1. The maximum absolute atomic E-state index is 5.52. The lowest BCUT2D eigenvalue weighted by Gasteiger charge is -2.02. The Bertz CT molecular complexity index is 445. The maximum Gasteiger partial charge on any atom is 0.203 e. The van der Waals surface area contributed by atoms with Crippen LogP contribution in [0.15, 0.2) is 12.4 Å². The van der Waals surface area contributed by atoms with Gasteiger partial charge in [0.05, 0.1) is 11.8 Å². The summed E-state index contributed by atoms with van der Waals surface area (Å²) in [6.45, 7) is 5.23. The van der Waals surface area contributed by atoms with Crippen LogP contribution in [0.3, 0.4) is 0 Å². The van der Waals surface area contributed by atoms with Crippen molar-refractivity contribution in [1.29, 1.82) is 0 Å². The van der Waals surface area contributed by atoms with Gasteiger partial charge in [-0.1, -0.05) is 25.2 Å². The highest BCUT2D eigenvalue weighted by atomic mass is 32.1. The predicted molar refractivity (Wildman–Crippen MR) is 60.4 cm³/mol. The summed E-state index contributed by atoms with van der Waals surface area (Å²) in [5.74, 6) is 0.581. The van der Waals surface area contributed by atoms with Crippen LogP contribution in [0.4, 0.5) is 5.13 Å². The zero-order valence-electron chi connectivity index (χ0n) is 8.71. The van der Waals surface area contributed by atoms with E-state index in [9.17, 15) is 0 Å². The first kappa shape index (κ1) is 10.1. The van der Waals surface area contributed by atoms with Crippen LogP contribution in [0, 0.1) is 5.92 Å². The number of hydrogen-bond acceptors (Lipinski definition) is 5. The van der Waals surface area contributed by atoms with Crippen molar-refractivity contribution in [3.05, 3.63) is 12.4 Å².